The number of para-hydroxylation sites is 1. The van der Waals surface area contributed by atoms with Crippen molar-refractivity contribution in [2.75, 3.05) is 31.2 Å². The third-order valence-corrected chi connectivity index (χ3v) is 9.25. The highest BCUT2D eigenvalue weighted by Crippen LogP contribution is 2.34. The lowest BCUT2D eigenvalue weighted by molar-refractivity contribution is 0.0730. The van der Waals surface area contributed by atoms with E-state index >= 15 is 0 Å². The Morgan fingerprint density at radius 2 is 1.81 bits per heavy atom. The summed E-state index contributed by atoms with van der Waals surface area (Å²) in [5.74, 6) is 0.0191. The van der Waals surface area contributed by atoms with Crippen LogP contribution in [0.4, 0.5) is 5.13 Å². The second kappa shape index (κ2) is 10.7. The van der Waals surface area contributed by atoms with Crippen molar-refractivity contribution in [2.45, 2.75) is 31.2 Å². The minimum absolute atomic E-state index is 0.156. The van der Waals surface area contributed by atoms with Gasteiger partial charge < -0.3 is 4.74 Å². The smallest absolute Gasteiger partial charge is 0.260 e. The van der Waals surface area contributed by atoms with Crippen LogP contribution in [0.1, 0.15) is 41.4 Å². The highest BCUT2D eigenvalue weighted by Gasteiger charge is 2.28. The van der Waals surface area contributed by atoms with Gasteiger partial charge in [-0.15, -0.1) is 0 Å². The molecular formula is C27H28N4O4S2. The number of carbonyl (C=O) groups is 1. The van der Waals surface area contributed by atoms with Crippen LogP contribution >= 0.6 is 11.3 Å². The number of fused-ring (bicyclic) bond motifs is 1. The van der Waals surface area contributed by atoms with E-state index in [1.807, 2.05) is 30.3 Å². The van der Waals surface area contributed by atoms with Crippen molar-refractivity contribution in [2.24, 2.45) is 0 Å². The van der Waals surface area contributed by atoms with Crippen molar-refractivity contribution in [1.82, 2.24) is 14.3 Å². The van der Waals surface area contributed by atoms with Gasteiger partial charge in [-0.3, -0.25) is 14.7 Å². The van der Waals surface area contributed by atoms with Crippen LogP contribution in [-0.2, 0) is 21.3 Å². The molecule has 0 saturated carbocycles. The van der Waals surface area contributed by atoms with Crippen LogP contribution in [-0.4, -0.2) is 54.9 Å². The predicted molar refractivity (Wildman–Crippen MR) is 144 cm³/mol. The molecule has 0 bridgehead atoms. The molecule has 4 aromatic rings. The lowest BCUT2D eigenvalue weighted by Crippen LogP contribution is -2.40. The Labute approximate surface area is 220 Å². The topological polar surface area (TPSA) is 92.7 Å². The molecule has 2 aromatic carbocycles. The number of amides is 1. The maximum absolute atomic E-state index is 13.8. The third kappa shape index (κ3) is 5.28. The number of aromatic nitrogens is 2. The molecular weight excluding hydrogens is 508 g/mol. The Bertz CT molecular complexity index is 1500. The van der Waals surface area contributed by atoms with Gasteiger partial charge in [0.25, 0.3) is 5.91 Å². The normalized spacial score (nSPS) is 14.8. The lowest BCUT2D eigenvalue weighted by atomic mass is 10.0. The Balaban J connectivity index is 1.49. The summed E-state index contributed by atoms with van der Waals surface area (Å²) in [5.41, 5.74) is 3.12. The molecule has 10 heteroatoms. The van der Waals surface area contributed by atoms with Gasteiger partial charge in [0.1, 0.15) is 0 Å². The van der Waals surface area contributed by atoms with Crippen molar-refractivity contribution in [3.05, 3.63) is 83.7 Å². The summed E-state index contributed by atoms with van der Waals surface area (Å²) in [5, 5.41) is 0.573. The molecule has 1 fully saturated rings. The van der Waals surface area contributed by atoms with Crippen molar-refractivity contribution in [3.8, 4) is 0 Å². The molecule has 8 nitrogen and oxygen atoms in total. The monoisotopic (exact) mass is 536 g/mol. The lowest BCUT2D eigenvalue weighted by Gasteiger charge is -2.26. The molecule has 0 spiro atoms. The summed E-state index contributed by atoms with van der Waals surface area (Å²) < 4.78 is 33.7. The van der Waals surface area contributed by atoms with Gasteiger partial charge in [0.15, 0.2) is 5.13 Å². The summed E-state index contributed by atoms with van der Waals surface area (Å²) >= 11 is 1.46. The van der Waals surface area contributed by atoms with Crippen LogP contribution in [0.15, 0.2) is 71.8 Å². The number of carbonyl (C=O) groups excluding carboxylic acids is 1. The molecule has 5 rings (SSSR count). The first kappa shape index (κ1) is 25.5. The third-order valence-electron chi connectivity index (χ3n) is 6.29. The maximum atomic E-state index is 13.8. The van der Waals surface area contributed by atoms with Crippen LogP contribution in [0.25, 0.3) is 10.2 Å². The largest absolute Gasteiger partial charge is 0.379 e. The minimum atomic E-state index is -3.65. The van der Waals surface area contributed by atoms with E-state index in [0.717, 1.165) is 21.5 Å². The SMILES string of the molecule is CC(C)c1cccc2sc(N(Cc3ccccn3)C(=O)c3ccc(S(=O)(=O)N4CCOCC4)cc3)nc12. The quantitative estimate of drug-likeness (QED) is 0.341. The van der Waals surface area contributed by atoms with Gasteiger partial charge in [-0.05, 0) is 53.9 Å². The maximum Gasteiger partial charge on any atom is 0.260 e. The number of nitrogens with zero attached hydrogens (tertiary/aromatic N) is 4. The van der Waals surface area contributed by atoms with Crippen molar-refractivity contribution >= 4 is 42.6 Å². The van der Waals surface area contributed by atoms with E-state index in [9.17, 15) is 13.2 Å². The van der Waals surface area contributed by atoms with E-state index in [1.54, 1.807) is 23.2 Å². The first-order valence-corrected chi connectivity index (χ1v) is 14.4. The zero-order chi connectivity index (χ0) is 26.0. The van der Waals surface area contributed by atoms with Crippen molar-refractivity contribution < 1.29 is 17.9 Å². The van der Waals surface area contributed by atoms with E-state index < -0.39 is 10.0 Å². The number of benzene rings is 2. The predicted octanol–water partition coefficient (Wildman–Crippen LogP) is 4.68. The molecule has 0 atom stereocenters. The molecule has 3 heterocycles. The number of anilines is 1. The molecule has 0 unspecified atom stereocenters. The van der Waals surface area contributed by atoms with Crippen LogP contribution in [0.5, 0.6) is 0 Å². The second-order valence-corrected chi connectivity index (χ2v) is 12.0. The molecule has 37 heavy (non-hydrogen) atoms. The Kier molecular flexibility index (Phi) is 7.34. The van der Waals surface area contributed by atoms with E-state index in [4.69, 9.17) is 9.72 Å². The molecule has 0 aliphatic carbocycles. The summed E-state index contributed by atoms with van der Waals surface area (Å²) in [6.45, 7) is 5.87. The summed E-state index contributed by atoms with van der Waals surface area (Å²) in [6, 6.07) is 17.8. The van der Waals surface area contributed by atoms with Gasteiger partial charge in [0.05, 0.1) is 40.6 Å². The van der Waals surface area contributed by atoms with Gasteiger partial charge in [-0.25, -0.2) is 13.4 Å². The molecule has 1 aliphatic rings. The number of hydrogen-bond acceptors (Lipinski definition) is 7. The number of sulfonamides is 1. The second-order valence-electron chi connectivity index (χ2n) is 9.10. The van der Waals surface area contributed by atoms with Crippen molar-refractivity contribution in [3.63, 3.8) is 0 Å². The number of hydrogen-bond donors (Lipinski definition) is 0. The Morgan fingerprint density at radius 3 is 2.49 bits per heavy atom. The number of ether oxygens (including phenoxy) is 1. The molecule has 1 aliphatic heterocycles. The molecule has 192 valence electrons. The van der Waals surface area contributed by atoms with Gasteiger partial charge in [-0.1, -0.05) is 43.4 Å². The molecule has 0 N–H and O–H groups in total. The molecule has 1 saturated heterocycles. The Morgan fingerprint density at radius 1 is 1.05 bits per heavy atom. The summed E-state index contributed by atoms with van der Waals surface area (Å²) in [7, 11) is -3.65. The summed E-state index contributed by atoms with van der Waals surface area (Å²) in [6.07, 6.45) is 1.69. The fraction of sp³-hybridized carbons (Fsp3) is 0.296. The van der Waals surface area contributed by atoms with Gasteiger partial charge in [0, 0.05) is 24.8 Å². The number of rotatable bonds is 7. The fourth-order valence-corrected chi connectivity index (χ4v) is 6.69. The average Bonchev–Trinajstić information content (AvgIpc) is 3.36. The van der Waals surface area contributed by atoms with Crippen molar-refractivity contribution in [1.29, 1.82) is 0 Å². The average molecular weight is 537 g/mol. The van der Waals surface area contributed by atoms with Crippen LogP contribution < -0.4 is 4.90 Å². The highest BCUT2D eigenvalue weighted by molar-refractivity contribution is 7.89. The standard InChI is InChI=1S/C27H28N4O4S2/c1-19(2)23-7-5-8-24-25(23)29-27(36-24)31(18-21-6-3-4-13-28-21)26(32)20-9-11-22(12-10-20)37(33,34)30-14-16-35-17-15-30/h3-13,19H,14-18H2,1-2H3. The number of thiazole rings is 1. The van der Waals surface area contributed by atoms with Crippen LogP contribution in [0.2, 0.25) is 0 Å². The fourth-order valence-electron chi connectivity index (χ4n) is 4.28. The van der Waals surface area contributed by atoms with Gasteiger partial charge in [0.2, 0.25) is 10.0 Å². The first-order chi connectivity index (χ1) is 17.8. The highest BCUT2D eigenvalue weighted by atomic mass is 32.2. The molecule has 0 radical (unpaired) electrons. The zero-order valence-corrected chi connectivity index (χ0v) is 22.3. The van der Waals surface area contributed by atoms with Gasteiger partial charge >= 0.3 is 0 Å². The van der Waals surface area contributed by atoms with Gasteiger partial charge in [-0.2, -0.15) is 4.31 Å². The zero-order valence-electron chi connectivity index (χ0n) is 20.7. The van der Waals surface area contributed by atoms with E-state index in [-0.39, 0.29) is 17.3 Å². The summed E-state index contributed by atoms with van der Waals surface area (Å²) in [4.78, 5) is 24.8. The number of pyridine rings is 1. The molecule has 1 amide bonds. The van der Waals surface area contributed by atoms with E-state index in [1.165, 1.54) is 27.8 Å². The Hall–Kier alpha value is -3.18. The van der Waals surface area contributed by atoms with Crippen LogP contribution in [0.3, 0.4) is 0 Å². The minimum Gasteiger partial charge on any atom is -0.379 e. The molecule has 2 aromatic heterocycles. The van der Waals surface area contributed by atoms with E-state index in [0.29, 0.717) is 42.9 Å². The van der Waals surface area contributed by atoms with Crippen LogP contribution in [0, 0.1) is 0 Å². The number of morpholine rings is 1. The first-order valence-electron chi connectivity index (χ1n) is 12.1. The van der Waals surface area contributed by atoms with E-state index in [2.05, 4.69) is 24.9 Å².